The second kappa shape index (κ2) is 7.83. The number of hydrogen-bond donors (Lipinski definition) is 2. The van der Waals surface area contributed by atoms with Gasteiger partial charge >= 0.3 is 0 Å². The number of carbonyl (C=O) groups is 1. The first-order chi connectivity index (χ1) is 15.2. The van der Waals surface area contributed by atoms with E-state index in [9.17, 15) is 4.79 Å². The number of nitrogens with zero attached hydrogens (tertiary/aromatic N) is 3. The average molecular weight is 411 g/mol. The monoisotopic (exact) mass is 411 g/mol. The Labute approximate surface area is 178 Å². The number of aromatic amines is 2. The molecular weight excluding hydrogens is 390 g/mol. The standard InChI is InChI=1S/C23H19N7O/c1-15-19(22(31)27-17-10-7-12-24-14-17)20(18-11-5-6-13-25-18)30-23(26-15)28-21(29-30)16-8-3-2-4-9-16/h2-14,19-20H,1H2,(H,27,31)(H,26,28,29)/p+2. The minimum Gasteiger partial charge on any atom is -0.328 e. The summed E-state index contributed by atoms with van der Waals surface area (Å²) >= 11 is 0. The number of carbonyl (C=O) groups excluding carboxylic acids is 1. The van der Waals surface area contributed by atoms with Crippen LogP contribution in [0.25, 0.3) is 11.4 Å². The molecule has 1 aliphatic heterocycles. The minimum atomic E-state index is -0.614. The molecule has 0 fully saturated rings. The number of H-pyrrole nitrogens is 2. The van der Waals surface area contributed by atoms with Crippen molar-refractivity contribution < 1.29 is 14.8 Å². The van der Waals surface area contributed by atoms with Crippen molar-refractivity contribution in [3.8, 4) is 11.4 Å². The van der Waals surface area contributed by atoms with Crippen LogP contribution in [-0.2, 0) is 4.79 Å². The average Bonchev–Trinajstić information content (AvgIpc) is 3.23. The van der Waals surface area contributed by atoms with Crippen molar-refractivity contribution in [1.82, 2.24) is 14.8 Å². The van der Waals surface area contributed by atoms with Crippen LogP contribution >= 0.6 is 0 Å². The van der Waals surface area contributed by atoms with Gasteiger partial charge in [0.2, 0.25) is 17.5 Å². The molecule has 2 atom stereocenters. The van der Waals surface area contributed by atoms with Gasteiger partial charge in [0.1, 0.15) is 11.6 Å². The number of aromatic nitrogens is 5. The van der Waals surface area contributed by atoms with Crippen LogP contribution in [-0.4, -0.2) is 20.7 Å². The van der Waals surface area contributed by atoms with E-state index in [-0.39, 0.29) is 5.91 Å². The molecule has 4 aromatic rings. The van der Waals surface area contributed by atoms with Crippen LogP contribution < -0.4 is 20.6 Å². The predicted molar refractivity (Wildman–Crippen MR) is 114 cm³/mol. The van der Waals surface area contributed by atoms with E-state index in [0.717, 1.165) is 11.3 Å². The van der Waals surface area contributed by atoms with Crippen LogP contribution in [0.4, 0.5) is 11.6 Å². The molecule has 0 radical (unpaired) electrons. The maximum Gasteiger partial charge on any atom is 0.236 e. The quantitative estimate of drug-likeness (QED) is 0.538. The van der Waals surface area contributed by atoms with Crippen molar-refractivity contribution >= 4 is 17.5 Å². The second-order valence-corrected chi connectivity index (χ2v) is 7.24. The summed E-state index contributed by atoms with van der Waals surface area (Å²) in [7, 11) is 0. The fourth-order valence-electron chi connectivity index (χ4n) is 3.76. The first-order valence-electron chi connectivity index (χ1n) is 9.92. The molecule has 1 aliphatic rings. The molecule has 0 saturated carbocycles. The molecule has 5 rings (SSSR count). The maximum atomic E-state index is 13.3. The highest BCUT2D eigenvalue weighted by Crippen LogP contribution is 2.37. The van der Waals surface area contributed by atoms with Crippen molar-refractivity contribution in [3.05, 3.63) is 97.2 Å². The van der Waals surface area contributed by atoms with Crippen LogP contribution in [0.15, 0.2) is 91.5 Å². The first kappa shape index (κ1) is 18.7. The molecule has 31 heavy (non-hydrogen) atoms. The fourth-order valence-corrected chi connectivity index (χ4v) is 3.76. The van der Waals surface area contributed by atoms with Gasteiger partial charge in [0.15, 0.2) is 30.5 Å². The highest BCUT2D eigenvalue weighted by atomic mass is 16.2. The highest BCUT2D eigenvalue weighted by molar-refractivity contribution is 5.95. The number of amides is 1. The molecule has 0 bridgehead atoms. The molecule has 1 amide bonds. The number of nitrogens with one attached hydrogen (secondary N) is 4. The van der Waals surface area contributed by atoms with Crippen LogP contribution in [0.5, 0.6) is 0 Å². The van der Waals surface area contributed by atoms with Crippen LogP contribution in [0, 0.1) is 5.92 Å². The molecule has 3 aromatic heterocycles. The van der Waals surface area contributed by atoms with E-state index in [4.69, 9.17) is 5.10 Å². The lowest BCUT2D eigenvalue weighted by Gasteiger charge is -2.31. The Balaban J connectivity index is 1.58. The van der Waals surface area contributed by atoms with Crippen LogP contribution in [0.1, 0.15) is 11.7 Å². The third-order valence-electron chi connectivity index (χ3n) is 5.20. The summed E-state index contributed by atoms with van der Waals surface area (Å²) in [5.74, 6) is 0.317. The van der Waals surface area contributed by atoms with E-state index < -0.39 is 12.0 Å². The topological polar surface area (TPSA) is 100 Å². The van der Waals surface area contributed by atoms with Crippen molar-refractivity contribution in [1.29, 1.82) is 0 Å². The number of rotatable bonds is 4. The van der Waals surface area contributed by atoms with Gasteiger partial charge in [0.05, 0.1) is 0 Å². The van der Waals surface area contributed by atoms with Crippen molar-refractivity contribution in [2.75, 3.05) is 10.6 Å². The Hall–Kier alpha value is -4.33. The Kier molecular flexibility index (Phi) is 4.72. The van der Waals surface area contributed by atoms with Gasteiger partial charge < -0.3 is 10.6 Å². The Bertz CT molecular complexity index is 1220. The van der Waals surface area contributed by atoms with Gasteiger partial charge in [-0.3, -0.25) is 4.79 Å². The first-order valence-corrected chi connectivity index (χ1v) is 9.92. The molecule has 4 N–H and O–H groups in total. The molecule has 0 saturated heterocycles. The van der Waals surface area contributed by atoms with Crippen molar-refractivity contribution in [2.24, 2.45) is 5.92 Å². The van der Waals surface area contributed by atoms with Gasteiger partial charge in [0.25, 0.3) is 0 Å². The summed E-state index contributed by atoms with van der Waals surface area (Å²) in [4.78, 5) is 24.2. The molecule has 0 spiro atoms. The van der Waals surface area contributed by atoms with E-state index in [0.29, 0.717) is 23.2 Å². The molecule has 0 aliphatic carbocycles. The molecule has 4 heterocycles. The predicted octanol–water partition coefficient (Wildman–Crippen LogP) is 2.36. The fraction of sp³-hybridized carbons (Fsp3) is 0.0870. The second-order valence-electron chi connectivity index (χ2n) is 7.24. The molecule has 2 unspecified atom stereocenters. The Morgan fingerprint density at radius 3 is 2.65 bits per heavy atom. The summed E-state index contributed by atoms with van der Waals surface area (Å²) < 4.78 is 1.75. The van der Waals surface area contributed by atoms with Crippen LogP contribution in [0.2, 0.25) is 0 Å². The number of anilines is 2. The molecule has 152 valence electrons. The third kappa shape index (κ3) is 3.55. The van der Waals surface area contributed by atoms with Crippen molar-refractivity contribution in [3.63, 3.8) is 0 Å². The smallest absolute Gasteiger partial charge is 0.236 e. The third-order valence-corrected chi connectivity index (χ3v) is 5.20. The molecule has 1 aromatic carbocycles. The molecule has 8 nitrogen and oxygen atoms in total. The maximum absolute atomic E-state index is 13.3. The summed E-state index contributed by atoms with van der Waals surface area (Å²) in [5.41, 5.74) is 2.95. The lowest BCUT2D eigenvalue weighted by Crippen LogP contribution is -2.41. The number of pyridine rings is 2. The lowest BCUT2D eigenvalue weighted by atomic mass is 9.91. The number of fused-ring (bicyclic) bond motifs is 1. The van der Waals surface area contributed by atoms with E-state index >= 15 is 0 Å². The van der Waals surface area contributed by atoms with Gasteiger partial charge in [-0.2, -0.15) is 4.98 Å². The zero-order valence-electron chi connectivity index (χ0n) is 16.6. The Morgan fingerprint density at radius 1 is 1.06 bits per heavy atom. The zero-order valence-corrected chi connectivity index (χ0v) is 16.6. The summed E-state index contributed by atoms with van der Waals surface area (Å²) in [6.07, 6.45) is 5.34. The minimum absolute atomic E-state index is 0.193. The summed E-state index contributed by atoms with van der Waals surface area (Å²) in [6.45, 7) is 4.14. The van der Waals surface area contributed by atoms with E-state index in [1.165, 1.54) is 0 Å². The summed E-state index contributed by atoms with van der Waals surface area (Å²) in [5, 5.41) is 10.9. The Morgan fingerprint density at radius 2 is 1.90 bits per heavy atom. The zero-order chi connectivity index (χ0) is 21.2. The lowest BCUT2D eigenvalue weighted by molar-refractivity contribution is -0.394. The van der Waals surface area contributed by atoms with E-state index in [2.05, 4.69) is 32.2 Å². The summed E-state index contributed by atoms with van der Waals surface area (Å²) in [6, 6.07) is 18.7. The largest absolute Gasteiger partial charge is 0.328 e. The number of benzene rings is 1. The van der Waals surface area contributed by atoms with Gasteiger partial charge in [-0.15, -0.1) is 5.10 Å². The van der Waals surface area contributed by atoms with Crippen molar-refractivity contribution in [2.45, 2.75) is 6.04 Å². The van der Waals surface area contributed by atoms with Gasteiger partial charge in [-0.05, 0) is 6.07 Å². The van der Waals surface area contributed by atoms with E-state index in [1.54, 1.807) is 17.1 Å². The molecule has 8 heteroatoms. The van der Waals surface area contributed by atoms with E-state index in [1.807, 2.05) is 66.9 Å². The SMILES string of the molecule is C=C1Nc2nc(-c3ccccc3)nn2C(c2cccc[nH+]2)C1C(=O)Nc1ccc[nH+]c1. The van der Waals surface area contributed by atoms with Gasteiger partial charge in [0, 0.05) is 29.5 Å². The van der Waals surface area contributed by atoms with Gasteiger partial charge in [-0.25, -0.2) is 14.6 Å². The van der Waals surface area contributed by atoms with Crippen LogP contribution in [0.3, 0.4) is 0 Å². The molecular formula is C23H21N7O+2. The number of hydrogen-bond acceptors (Lipinski definition) is 4. The highest BCUT2D eigenvalue weighted by Gasteiger charge is 2.43. The normalized spacial score (nSPS) is 17.5. The van der Waals surface area contributed by atoms with Gasteiger partial charge in [-0.1, -0.05) is 43.0 Å².